The molecule has 0 aliphatic carbocycles. The monoisotopic (exact) mass is 256 g/mol. The van der Waals surface area contributed by atoms with Gasteiger partial charge >= 0.3 is 0 Å². The molecule has 2 aromatic heterocycles. The number of nitrogen functional groups attached to an aromatic ring is 1. The minimum atomic E-state index is 0.196. The van der Waals surface area contributed by atoms with Gasteiger partial charge in [0.05, 0.1) is 14.2 Å². The summed E-state index contributed by atoms with van der Waals surface area (Å²) in [7, 11) is 3.21. The fourth-order valence-electron chi connectivity index (χ4n) is 2.02. The lowest BCUT2D eigenvalue weighted by atomic mass is 10.1. The van der Waals surface area contributed by atoms with Gasteiger partial charge in [-0.25, -0.2) is 9.97 Å². The Morgan fingerprint density at radius 3 is 2.53 bits per heavy atom. The normalized spacial score (nSPS) is 10.8. The van der Waals surface area contributed by atoms with E-state index in [1.807, 2.05) is 18.2 Å². The van der Waals surface area contributed by atoms with Gasteiger partial charge in [0, 0.05) is 17.0 Å². The fourth-order valence-corrected chi connectivity index (χ4v) is 2.02. The van der Waals surface area contributed by atoms with Crippen LogP contribution >= 0.6 is 0 Å². The smallest absolute Gasteiger partial charge is 0.222 e. The number of hydrogen-bond donors (Lipinski definition) is 1. The third-order valence-electron chi connectivity index (χ3n) is 2.91. The van der Waals surface area contributed by atoms with Gasteiger partial charge in [-0.05, 0) is 18.2 Å². The van der Waals surface area contributed by atoms with Gasteiger partial charge in [0.15, 0.2) is 5.65 Å². The van der Waals surface area contributed by atoms with Crippen LogP contribution in [0.1, 0.15) is 0 Å². The molecule has 6 nitrogen and oxygen atoms in total. The first-order valence-corrected chi connectivity index (χ1v) is 5.67. The quantitative estimate of drug-likeness (QED) is 0.703. The summed E-state index contributed by atoms with van der Waals surface area (Å²) in [5.74, 6) is 1.58. The van der Waals surface area contributed by atoms with E-state index in [0.29, 0.717) is 16.9 Å². The Kier molecular flexibility index (Phi) is 2.56. The first-order valence-electron chi connectivity index (χ1n) is 5.67. The number of anilines is 1. The third-order valence-corrected chi connectivity index (χ3v) is 2.91. The first-order chi connectivity index (χ1) is 9.22. The molecule has 0 saturated heterocycles. The number of hydrogen-bond acceptors (Lipinski definition) is 6. The van der Waals surface area contributed by atoms with Gasteiger partial charge in [-0.1, -0.05) is 0 Å². The zero-order chi connectivity index (χ0) is 13.4. The summed E-state index contributed by atoms with van der Waals surface area (Å²) >= 11 is 0. The maximum Gasteiger partial charge on any atom is 0.222 e. The van der Waals surface area contributed by atoms with Gasteiger partial charge in [0.2, 0.25) is 5.95 Å². The van der Waals surface area contributed by atoms with Crippen LogP contribution in [0.4, 0.5) is 5.95 Å². The number of pyridine rings is 1. The molecule has 0 unspecified atom stereocenters. The highest BCUT2D eigenvalue weighted by atomic mass is 16.5. The van der Waals surface area contributed by atoms with Crippen LogP contribution in [-0.2, 0) is 0 Å². The van der Waals surface area contributed by atoms with Gasteiger partial charge in [-0.3, -0.25) is 0 Å². The molecule has 2 heterocycles. The lowest BCUT2D eigenvalue weighted by Crippen LogP contribution is -1.97. The van der Waals surface area contributed by atoms with Crippen molar-refractivity contribution in [2.24, 2.45) is 0 Å². The van der Waals surface area contributed by atoms with E-state index < -0.39 is 0 Å². The van der Waals surface area contributed by atoms with Gasteiger partial charge in [0.25, 0.3) is 0 Å². The average Bonchev–Trinajstić information content (AvgIpc) is 2.44. The summed E-state index contributed by atoms with van der Waals surface area (Å²) < 4.78 is 10.7. The molecule has 2 N–H and O–H groups in total. The van der Waals surface area contributed by atoms with Gasteiger partial charge < -0.3 is 15.2 Å². The number of nitrogens with two attached hydrogens (primary N) is 1. The highest BCUT2D eigenvalue weighted by Gasteiger charge is 2.11. The third kappa shape index (κ3) is 1.77. The molecular weight excluding hydrogens is 244 g/mol. The molecule has 0 bridgehead atoms. The Morgan fingerprint density at radius 1 is 1.05 bits per heavy atom. The van der Waals surface area contributed by atoms with Crippen LogP contribution in [0.5, 0.6) is 11.5 Å². The second-order valence-electron chi connectivity index (χ2n) is 4.00. The molecule has 0 spiro atoms. The van der Waals surface area contributed by atoms with Crippen LogP contribution < -0.4 is 15.2 Å². The number of rotatable bonds is 2. The Hall–Kier alpha value is -2.63. The molecule has 96 valence electrons. The van der Waals surface area contributed by atoms with E-state index >= 15 is 0 Å². The predicted octanol–water partition coefficient (Wildman–Crippen LogP) is 1.78. The molecule has 0 aliphatic heterocycles. The molecule has 0 atom stereocenters. The average molecular weight is 256 g/mol. The Bertz CT molecular complexity index is 773. The van der Waals surface area contributed by atoms with E-state index in [0.717, 1.165) is 16.5 Å². The summed E-state index contributed by atoms with van der Waals surface area (Å²) in [6, 6.07) is 5.57. The number of benzene rings is 1. The van der Waals surface area contributed by atoms with Gasteiger partial charge in [-0.15, -0.1) is 0 Å². The van der Waals surface area contributed by atoms with E-state index in [9.17, 15) is 0 Å². The number of methoxy groups -OCH3 is 2. The van der Waals surface area contributed by atoms with Crippen LogP contribution in [0.15, 0.2) is 24.4 Å². The van der Waals surface area contributed by atoms with Crippen molar-refractivity contribution in [3.05, 3.63) is 24.4 Å². The predicted molar refractivity (Wildman–Crippen MR) is 72.4 cm³/mol. The summed E-state index contributed by atoms with van der Waals surface area (Å²) in [6.45, 7) is 0. The molecule has 3 aromatic rings. The number of aromatic nitrogens is 3. The second kappa shape index (κ2) is 4.24. The Morgan fingerprint density at radius 2 is 1.79 bits per heavy atom. The number of ether oxygens (including phenoxy) is 2. The van der Waals surface area contributed by atoms with Gasteiger partial charge in [-0.2, -0.15) is 4.98 Å². The summed E-state index contributed by atoms with van der Waals surface area (Å²) in [4.78, 5) is 12.6. The van der Waals surface area contributed by atoms with Crippen molar-refractivity contribution < 1.29 is 9.47 Å². The van der Waals surface area contributed by atoms with E-state index in [1.165, 1.54) is 0 Å². The maximum absolute atomic E-state index is 5.58. The Balaban J connectivity index is 2.45. The summed E-state index contributed by atoms with van der Waals surface area (Å²) in [5, 5.41) is 1.65. The molecule has 3 rings (SSSR count). The highest BCUT2D eigenvalue weighted by molar-refractivity contribution is 5.97. The molecule has 0 fully saturated rings. The SMILES string of the molecule is COc1ccc(OC)c2nc3nc(N)ncc3cc12. The standard InChI is InChI=1S/C13H12N4O2/c1-18-9-3-4-10(19-2)11-8(9)5-7-6-15-13(14)17-12(7)16-11/h3-6H,1-2H3,(H2,14,15,16,17). The fraction of sp³-hybridized carbons (Fsp3) is 0.154. The van der Waals surface area contributed by atoms with Crippen molar-refractivity contribution >= 4 is 27.9 Å². The van der Waals surface area contributed by atoms with Crippen molar-refractivity contribution in [3.8, 4) is 11.5 Å². The van der Waals surface area contributed by atoms with Crippen molar-refractivity contribution in [1.29, 1.82) is 0 Å². The van der Waals surface area contributed by atoms with Crippen LogP contribution in [-0.4, -0.2) is 29.2 Å². The summed E-state index contributed by atoms with van der Waals surface area (Å²) in [6.07, 6.45) is 1.64. The molecule has 0 aliphatic rings. The lowest BCUT2D eigenvalue weighted by molar-refractivity contribution is 0.410. The largest absolute Gasteiger partial charge is 0.496 e. The molecule has 6 heteroatoms. The Labute approximate surface area is 109 Å². The molecule has 19 heavy (non-hydrogen) atoms. The first kappa shape index (κ1) is 11.5. The summed E-state index contributed by atoms with van der Waals surface area (Å²) in [5.41, 5.74) is 6.80. The van der Waals surface area contributed by atoms with E-state index in [4.69, 9.17) is 15.2 Å². The van der Waals surface area contributed by atoms with Crippen LogP contribution in [0.25, 0.3) is 21.9 Å². The lowest BCUT2D eigenvalue weighted by Gasteiger charge is -2.09. The van der Waals surface area contributed by atoms with Crippen molar-refractivity contribution in [2.75, 3.05) is 20.0 Å². The van der Waals surface area contributed by atoms with E-state index in [1.54, 1.807) is 20.4 Å². The van der Waals surface area contributed by atoms with Crippen LogP contribution in [0, 0.1) is 0 Å². The number of nitrogens with zero attached hydrogens (tertiary/aromatic N) is 3. The van der Waals surface area contributed by atoms with Crippen molar-refractivity contribution in [2.45, 2.75) is 0 Å². The molecule has 0 amide bonds. The molecule has 1 aromatic carbocycles. The molecule has 0 radical (unpaired) electrons. The molecular formula is C13H12N4O2. The topological polar surface area (TPSA) is 83.2 Å². The maximum atomic E-state index is 5.58. The second-order valence-corrected chi connectivity index (χ2v) is 4.00. The van der Waals surface area contributed by atoms with Crippen molar-refractivity contribution in [1.82, 2.24) is 15.0 Å². The highest BCUT2D eigenvalue weighted by Crippen LogP contribution is 2.33. The zero-order valence-electron chi connectivity index (χ0n) is 10.5. The molecule has 0 saturated carbocycles. The zero-order valence-corrected chi connectivity index (χ0v) is 10.5. The van der Waals surface area contributed by atoms with Crippen molar-refractivity contribution in [3.63, 3.8) is 0 Å². The minimum Gasteiger partial charge on any atom is -0.496 e. The van der Waals surface area contributed by atoms with E-state index in [-0.39, 0.29) is 5.95 Å². The number of fused-ring (bicyclic) bond motifs is 2. The van der Waals surface area contributed by atoms with E-state index in [2.05, 4.69) is 15.0 Å². The van der Waals surface area contributed by atoms with Crippen LogP contribution in [0.3, 0.4) is 0 Å². The van der Waals surface area contributed by atoms with Gasteiger partial charge in [0.1, 0.15) is 17.0 Å². The minimum absolute atomic E-state index is 0.196. The van der Waals surface area contributed by atoms with Crippen LogP contribution in [0.2, 0.25) is 0 Å².